The highest BCUT2D eigenvalue weighted by molar-refractivity contribution is 5.95. The number of benzene rings is 1. The lowest BCUT2D eigenvalue weighted by Crippen LogP contribution is -2.48. The number of methoxy groups -OCH3 is 2. The molecule has 0 atom stereocenters. The van der Waals surface area contributed by atoms with Gasteiger partial charge in [-0.15, -0.1) is 0 Å². The molecule has 0 spiro atoms. The Kier molecular flexibility index (Phi) is 6.55. The van der Waals surface area contributed by atoms with Gasteiger partial charge in [0, 0.05) is 24.7 Å². The molecule has 0 radical (unpaired) electrons. The predicted molar refractivity (Wildman–Crippen MR) is 102 cm³/mol. The van der Waals surface area contributed by atoms with E-state index in [1.807, 2.05) is 4.90 Å². The van der Waals surface area contributed by atoms with Crippen LogP contribution in [-0.4, -0.2) is 63.2 Å². The van der Waals surface area contributed by atoms with Crippen molar-refractivity contribution in [3.63, 3.8) is 0 Å². The van der Waals surface area contributed by atoms with Gasteiger partial charge in [-0.2, -0.15) is 0 Å². The maximum Gasteiger partial charge on any atom is 0.253 e. The molecule has 0 aromatic heterocycles. The molecule has 1 saturated carbocycles. The monoisotopic (exact) mass is 375 g/mol. The molecule has 1 aromatic rings. The molecule has 7 heteroatoms. The van der Waals surface area contributed by atoms with E-state index < -0.39 is 0 Å². The van der Waals surface area contributed by atoms with Gasteiger partial charge in [0.05, 0.1) is 20.8 Å². The zero-order valence-electron chi connectivity index (χ0n) is 16.1. The Morgan fingerprint density at radius 2 is 1.78 bits per heavy atom. The molecule has 2 amide bonds. The highest BCUT2D eigenvalue weighted by atomic mass is 16.5. The third-order valence-corrected chi connectivity index (χ3v) is 5.19. The van der Waals surface area contributed by atoms with E-state index in [0.717, 1.165) is 25.3 Å². The summed E-state index contributed by atoms with van der Waals surface area (Å²) in [4.78, 5) is 26.6. The van der Waals surface area contributed by atoms with Crippen LogP contribution >= 0.6 is 0 Å². The molecule has 7 nitrogen and oxygen atoms in total. The van der Waals surface area contributed by atoms with Crippen molar-refractivity contribution in [2.24, 2.45) is 5.92 Å². The highest BCUT2D eigenvalue weighted by Crippen LogP contribution is 2.28. The van der Waals surface area contributed by atoms with Crippen LogP contribution in [0.5, 0.6) is 11.5 Å². The molecular weight excluding hydrogens is 346 g/mol. The van der Waals surface area contributed by atoms with Crippen LogP contribution in [-0.2, 0) is 4.79 Å². The molecule has 27 heavy (non-hydrogen) atoms. The van der Waals surface area contributed by atoms with Crippen LogP contribution < -0.4 is 20.1 Å². The Labute approximate surface area is 160 Å². The molecule has 2 aliphatic rings. The zero-order valence-corrected chi connectivity index (χ0v) is 16.1. The number of carbonyl (C=O) groups is 2. The summed E-state index contributed by atoms with van der Waals surface area (Å²) in [6, 6.07) is 5.34. The van der Waals surface area contributed by atoms with Gasteiger partial charge in [0.2, 0.25) is 5.91 Å². The van der Waals surface area contributed by atoms with Crippen LogP contribution in [0.3, 0.4) is 0 Å². The SMILES string of the molecule is COc1ccc(C(=O)N2CCC(NC(=O)CNCC3CC3)CC2)cc1OC. The largest absolute Gasteiger partial charge is 0.493 e. The Morgan fingerprint density at radius 1 is 1.07 bits per heavy atom. The molecule has 0 bridgehead atoms. The minimum absolute atomic E-state index is 0.0215. The van der Waals surface area contributed by atoms with Crippen molar-refractivity contribution >= 4 is 11.8 Å². The maximum atomic E-state index is 12.7. The summed E-state index contributed by atoms with van der Waals surface area (Å²) in [6.07, 6.45) is 4.10. The Balaban J connectivity index is 1.45. The number of rotatable bonds is 8. The van der Waals surface area contributed by atoms with Gasteiger partial charge in [0.25, 0.3) is 5.91 Å². The van der Waals surface area contributed by atoms with E-state index in [1.165, 1.54) is 12.8 Å². The number of piperidine rings is 1. The number of nitrogens with zero attached hydrogens (tertiary/aromatic N) is 1. The fraction of sp³-hybridized carbons (Fsp3) is 0.600. The van der Waals surface area contributed by atoms with Gasteiger partial charge < -0.3 is 25.0 Å². The predicted octanol–water partition coefficient (Wildman–Crippen LogP) is 1.42. The Morgan fingerprint density at radius 3 is 2.41 bits per heavy atom. The molecule has 0 unspecified atom stereocenters. The smallest absolute Gasteiger partial charge is 0.253 e. The average molecular weight is 375 g/mol. The van der Waals surface area contributed by atoms with Crippen molar-refractivity contribution in [2.75, 3.05) is 40.4 Å². The topological polar surface area (TPSA) is 79.9 Å². The van der Waals surface area contributed by atoms with Gasteiger partial charge in [0.15, 0.2) is 11.5 Å². The first-order valence-electron chi connectivity index (χ1n) is 9.62. The maximum absolute atomic E-state index is 12.7. The molecule has 1 aliphatic carbocycles. The van der Waals surface area contributed by atoms with Crippen LogP contribution in [0, 0.1) is 5.92 Å². The fourth-order valence-electron chi connectivity index (χ4n) is 3.37. The lowest BCUT2D eigenvalue weighted by molar-refractivity contribution is -0.121. The second kappa shape index (κ2) is 9.08. The summed E-state index contributed by atoms with van der Waals surface area (Å²) >= 11 is 0. The first-order chi connectivity index (χ1) is 13.1. The van der Waals surface area contributed by atoms with E-state index in [0.29, 0.717) is 36.7 Å². The molecule has 3 rings (SSSR count). The molecule has 1 saturated heterocycles. The van der Waals surface area contributed by atoms with Crippen LogP contribution in [0.25, 0.3) is 0 Å². The Bertz CT molecular complexity index is 667. The van der Waals surface area contributed by atoms with E-state index in [2.05, 4.69) is 10.6 Å². The van der Waals surface area contributed by atoms with Crippen molar-refractivity contribution in [3.8, 4) is 11.5 Å². The molecule has 2 N–H and O–H groups in total. The Hall–Kier alpha value is -2.28. The second-order valence-corrected chi connectivity index (χ2v) is 7.28. The number of hydrogen-bond donors (Lipinski definition) is 2. The summed E-state index contributed by atoms with van der Waals surface area (Å²) in [5.41, 5.74) is 0.583. The van der Waals surface area contributed by atoms with Crippen LogP contribution in [0.1, 0.15) is 36.0 Å². The van der Waals surface area contributed by atoms with Gasteiger partial charge in [0.1, 0.15) is 0 Å². The standard InChI is InChI=1S/C20H29N3O4/c1-26-17-6-5-15(11-18(17)27-2)20(25)23-9-7-16(8-10-23)22-19(24)13-21-12-14-3-4-14/h5-6,11,14,16,21H,3-4,7-10,12-13H2,1-2H3,(H,22,24). The van der Waals surface area contributed by atoms with Crippen LogP contribution in [0.4, 0.5) is 0 Å². The number of carbonyl (C=O) groups excluding carboxylic acids is 2. The molecule has 2 fully saturated rings. The lowest BCUT2D eigenvalue weighted by Gasteiger charge is -2.32. The highest BCUT2D eigenvalue weighted by Gasteiger charge is 2.25. The van der Waals surface area contributed by atoms with Crippen molar-refractivity contribution in [2.45, 2.75) is 31.7 Å². The summed E-state index contributed by atoms with van der Waals surface area (Å²) in [5, 5.41) is 6.28. The molecule has 1 heterocycles. The number of amides is 2. The second-order valence-electron chi connectivity index (χ2n) is 7.28. The molecular formula is C20H29N3O4. The number of nitrogens with one attached hydrogen (secondary N) is 2. The first kappa shape index (κ1) is 19.5. The zero-order chi connectivity index (χ0) is 19.2. The van der Waals surface area contributed by atoms with Gasteiger partial charge >= 0.3 is 0 Å². The molecule has 1 aliphatic heterocycles. The van der Waals surface area contributed by atoms with E-state index in [-0.39, 0.29) is 17.9 Å². The van der Waals surface area contributed by atoms with E-state index in [4.69, 9.17) is 9.47 Å². The minimum atomic E-state index is -0.0215. The number of likely N-dealkylation sites (tertiary alicyclic amines) is 1. The van der Waals surface area contributed by atoms with Gasteiger partial charge in [-0.25, -0.2) is 0 Å². The van der Waals surface area contributed by atoms with Gasteiger partial charge in [-0.1, -0.05) is 0 Å². The summed E-state index contributed by atoms with van der Waals surface area (Å²) in [5.74, 6) is 1.94. The fourth-order valence-corrected chi connectivity index (χ4v) is 3.37. The van der Waals surface area contributed by atoms with Gasteiger partial charge in [-0.3, -0.25) is 9.59 Å². The molecule has 148 valence electrons. The van der Waals surface area contributed by atoms with Crippen molar-refractivity contribution in [1.82, 2.24) is 15.5 Å². The van der Waals surface area contributed by atoms with Crippen molar-refractivity contribution in [1.29, 1.82) is 0 Å². The van der Waals surface area contributed by atoms with E-state index >= 15 is 0 Å². The number of ether oxygens (including phenoxy) is 2. The van der Waals surface area contributed by atoms with Crippen LogP contribution in [0.15, 0.2) is 18.2 Å². The minimum Gasteiger partial charge on any atom is -0.493 e. The first-order valence-corrected chi connectivity index (χ1v) is 9.62. The van der Waals surface area contributed by atoms with Gasteiger partial charge in [-0.05, 0) is 56.3 Å². The molecule has 1 aromatic carbocycles. The average Bonchev–Trinajstić information content (AvgIpc) is 3.52. The summed E-state index contributed by atoms with van der Waals surface area (Å²) in [6.45, 7) is 2.58. The summed E-state index contributed by atoms with van der Waals surface area (Å²) in [7, 11) is 3.12. The van der Waals surface area contributed by atoms with E-state index in [9.17, 15) is 9.59 Å². The third-order valence-electron chi connectivity index (χ3n) is 5.19. The third kappa shape index (κ3) is 5.35. The van der Waals surface area contributed by atoms with Crippen molar-refractivity contribution < 1.29 is 19.1 Å². The summed E-state index contributed by atoms with van der Waals surface area (Å²) < 4.78 is 10.5. The van der Waals surface area contributed by atoms with Crippen LogP contribution in [0.2, 0.25) is 0 Å². The normalized spacial score (nSPS) is 17.5. The van der Waals surface area contributed by atoms with Crippen molar-refractivity contribution in [3.05, 3.63) is 23.8 Å². The van der Waals surface area contributed by atoms with E-state index in [1.54, 1.807) is 32.4 Å². The lowest BCUT2D eigenvalue weighted by atomic mass is 10.0. The quantitative estimate of drug-likeness (QED) is 0.718. The number of hydrogen-bond acceptors (Lipinski definition) is 5.